The van der Waals surface area contributed by atoms with Crippen LogP contribution in [0.5, 0.6) is 0 Å². The number of nitrogens with zero attached hydrogens (tertiary/aromatic N) is 2. The van der Waals surface area contributed by atoms with Gasteiger partial charge in [0.2, 0.25) is 0 Å². The number of hydrogen-bond donors (Lipinski definition) is 1. The Labute approximate surface area is 116 Å². The monoisotopic (exact) mass is 265 g/mol. The van der Waals surface area contributed by atoms with E-state index in [2.05, 4.69) is 43.1 Å². The highest BCUT2D eigenvalue weighted by atomic mass is 16.5. The minimum Gasteiger partial charge on any atom is -0.360 e. The van der Waals surface area contributed by atoms with E-state index in [4.69, 9.17) is 4.52 Å². The highest BCUT2D eigenvalue weighted by Gasteiger charge is 2.32. The fourth-order valence-electron chi connectivity index (χ4n) is 2.88. The second-order valence-electron chi connectivity index (χ2n) is 6.12. The van der Waals surface area contributed by atoms with Gasteiger partial charge >= 0.3 is 0 Å². The summed E-state index contributed by atoms with van der Waals surface area (Å²) in [6.45, 7) is 12.2. The Morgan fingerprint density at radius 2 is 2.26 bits per heavy atom. The Morgan fingerprint density at radius 1 is 1.47 bits per heavy atom. The average Bonchev–Trinajstić information content (AvgIpc) is 2.90. The SMILES string of the molecule is CCC(C)C1CN(Cc2ccno2)C(C(C)C)CN1. The number of nitrogens with one attached hydrogen (secondary N) is 1. The summed E-state index contributed by atoms with van der Waals surface area (Å²) < 4.78 is 5.27. The molecule has 3 atom stereocenters. The van der Waals surface area contributed by atoms with Gasteiger partial charge in [0, 0.05) is 31.2 Å². The molecule has 0 bridgehead atoms. The first-order valence-corrected chi connectivity index (χ1v) is 7.48. The largest absolute Gasteiger partial charge is 0.360 e. The Balaban J connectivity index is 2.04. The third-order valence-corrected chi connectivity index (χ3v) is 4.44. The van der Waals surface area contributed by atoms with Crippen molar-refractivity contribution in [1.82, 2.24) is 15.4 Å². The predicted molar refractivity (Wildman–Crippen MR) is 76.8 cm³/mol. The molecule has 2 heterocycles. The van der Waals surface area contributed by atoms with Crippen molar-refractivity contribution in [1.29, 1.82) is 0 Å². The zero-order chi connectivity index (χ0) is 13.8. The molecule has 1 fully saturated rings. The molecule has 108 valence electrons. The molecule has 1 aliphatic heterocycles. The Hall–Kier alpha value is -0.870. The number of rotatable bonds is 5. The van der Waals surface area contributed by atoms with Gasteiger partial charge < -0.3 is 9.84 Å². The zero-order valence-corrected chi connectivity index (χ0v) is 12.6. The Kier molecular flexibility index (Phi) is 4.99. The van der Waals surface area contributed by atoms with E-state index < -0.39 is 0 Å². The van der Waals surface area contributed by atoms with E-state index in [0.29, 0.717) is 23.9 Å². The van der Waals surface area contributed by atoms with Gasteiger partial charge in [0.15, 0.2) is 5.76 Å². The van der Waals surface area contributed by atoms with E-state index in [1.807, 2.05) is 6.07 Å². The maximum absolute atomic E-state index is 5.27. The van der Waals surface area contributed by atoms with Crippen molar-refractivity contribution in [3.8, 4) is 0 Å². The summed E-state index contributed by atoms with van der Waals surface area (Å²) in [5.41, 5.74) is 0. The molecule has 4 nitrogen and oxygen atoms in total. The van der Waals surface area contributed by atoms with Crippen LogP contribution in [0.1, 0.15) is 39.9 Å². The lowest BCUT2D eigenvalue weighted by Gasteiger charge is -2.43. The number of aromatic nitrogens is 1. The summed E-state index contributed by atoms with van der Waals surface area (Å²) in [7, 11) is 0. The second-order valence-corrected chi connectivity index (χ2v) is 6.12. The van der Waals surface area contributed by atoms with Gasteiger partial charge in [0.1, 0.15) is 0 Å². The van der Waals surface area contributed by atoms with Gasteiger partial charge in [-0.05, 0) is 11.8 Å². The summed E-state index contributed by atoms with van der Waals surface area (Å²) in [4.78, 5) is 2.55. The molecular weight excluding hydrogens is 238 g/mol. The van der Waals surface area contributed by atoms with Crippen molar-refractivity contribution in [2.75, 3.05) is 13.1 Å². The van der Waals surface area contributed by atoms with E-state index in [1.165, 1.54) is 6.42 Å². The molecule has 1 aromatic heterocycles. The summed E-state index contributed by atoms with van der Waals surface area (Å²) >= 11 is 0. The number of piperazine rings is 1. The van der Waals surface area contributed by atoms with Crippen LogP contribution in [0, 0.1) is 11.8 Å². The van der Waals surface area contributed by atoms with E-state index in [-0.39, 0.29) is 0 Å². The van der Waals surface area contributed by atoms with E-state index in [0.717, 1.165) is 25.4 Å². The molecule has 2 rings (SSSR count). The molecule has 0 spiro atoms. The van der Waals surface area contributed by atoms with Crippen molar-refractivity contribution in [2.24, 2.45) is 11.8 Å². The average molecular weight is 265 g/mol. The third kappa shape index (κ3) is 3.57. The molecule has 1 aliphatic rings. The first kappa shape index (κ1) is 14.5. The lowest BCUT2D eigenvalue weighted by molar-refractivity contribution is 0.0673. The van der Waals surface area contributed by atoms with Crippen LogP contribution in [0.4, 0.5) is 0 Å². The highest BCUT2D eigenvalue weighted by molar-refractivity contribution is 4.97. The maximum Gasteiger partial charge on any atom is 0.150 e. The van der Waals surface area contributed by atoms with Crippen LogP contribution in [0.15, 0.2) is 16.8 Å². The van der Waals surface area contributed by atoms with Crippen LogP contribution in [-0.2, 0) is 6.54 Å². The summed E-state index contributed by atoms with van der Waals surface area (Å²) in [5.74, 6) is 2.33. The molecule has 0 radical (unpaired) electrons. The van der Waals surface area contributed by atoms with E-state index in [1.54, 1.807) is 6.20 Å². The second kappa shape index (κ2) is 6.53. The van der Waals surface area contributed by atoms with Crippen molar-refractivity contribution in [3.63, 3.8) is 0 Å². The number of hydrogen-bond acceptors (Lipinski definition) is 4. The van der Waals surface area contributed by atoms with Crippen molar-refractivity contribution >= 4 is 0 Å². The van der Waals surface area contributed by atoms with E-state index >= 15 is 0 Å². The van der Waals surface area contributed by atoms with Crippen LogP contribution < -0.4 is 5.32 Å². The molecule has 3 unspecified atom stereocenters. The van der Waals surface area contributed by atoms with Gasteiger partial charge in [-0.1, -0.05) is 39.3 Å². The molecule has 0 amide bonds. The summed E-state index contributed by atoms with van der Waals surface area (Å²) in [6.07, 6.45) is 2.95. The quantitative estimate of drug-likeness (QED) is 0.888. The minimum atomic E-state index is 0.574. The predicted octanol–water partition coefficient (Wildman–Crippen LogP) is 2.52. The molecule has 1 aromatic rings. The fraction of sp³-hybridized carbons (Fsp3) is 0.800. The molecule has 19 heavy (non-hydrogen) atoms. The van der Waals surface area contributed by atoms with Crippen LogP contribution in [-0.4, -0.2) is 35.2 Å². The van der Waals surface area contributed by atoms with Gasteiger partial charge in [-0.2, -0.15) is 0 Å². The fourth-order valence-corrected chi connectivity index (χ4v) is 2.88. The van der Waals surface area contributed by atoms with Crippen molar-refractivity contribution in [2.45, 2.75) is 52.7 Å². The van der Waals surface area contributed by atoms with Crippen molar-refractivity contribution < 1.29 is 4.52 Å². The smallest absolute Gasteiger partial charge is 0.150 e. The normalized spacial score (nSPS) is 26.8. The maximum atomic E-state index is 5.27. The van der Waals surface area contributed by atoms with Gasteiger partial charge in [-0.25, -0.2) is 0 Å². The lowest BCUT2D eigenvalue weighted by Crippen LogP contribution is -2.59. The molecule has 1 saturated heterocycles. The first-order valence-electron chi connectivity index (χ1n) is 7.48. The molecular formula is C15H27N3O. The Morgan fingerprint density at radius 3 is 2.84 bits per heavy atom. The third-order valence-electron chi connectivity index (χ3n) is 4.44. The van der Waals surface area contributed by atoms with Gasteiger partial charge in [-0.15, -0.1) is 0 Å². The Bertz CT molecular complexity index is 363. The minimum absolute atomic E-state index is 0.574. The van der Waals surface area contributed by atoms with E-state index in [9.17, 15) is 0 Å². The summed E-state index contributed by atoms with van der Waals surface area (Å²) in [5, 5.41) is 7.53. The molecule has 4 heteroatoms. The van der Waals surface area contributed by atoms with Crippen LogP contribution >= 0.6 is 0 Å². The molecule has 1 N–H and O–H groups in total. The van der Waals surface area contributed by atoms with Gasteiger partial charge in [0.05, 0.1) is 12.7 Å². The molecule has 0 aliphatic carbocycles. The van der Waals surface area contributed by atoms with Crippen LogP contribution in [0.3, 0.4) is 0 Å². The van der Waals surface area contributed by atoms with Gasteiger partial charge in [0.25, 0.3) is 0 Å². The van der Waals surface area contributed by atoms with Crippen LogP contribution in [0.2, 0.25) is 0 Å². The molecule has 0 aromatic carbocycles. The lowest BCUT2D eigenvalue weighted by atomic mass is 9.92. The molecule has 0 saturated carbocycles. The van der Waals surface area contributed by atoms with Crippen molar-refractivity contribution in [3.05, 3.63) is 18.0 Å². The summed E-state index contributed by atoms with van der Waals surface area (Å²) in [6, 6.07) is 3.13. The topological polar surface area (TPSA) is 41.3 Å². The van der Waals surface area contributed by atoms with Gasteiger partial charge in [-0.3, -0.25) is 4.90 Å². The highest BCUT2D eigenvalue weighted by Crippen LogP contribution is 2.21. The first-order chi connectivity index (χ1) is 9.11. The standard InChI is InChI=1S/C15H27N3O/c1-5-12(4)14-10-18(9-13-6-7-17-19-13)15(8-16-14)11(2)3/h6-7,11-12,14-16H,5,8-10H2,1-4H3. The zero-order valence-electron chi connectivity index (χ0n) is 12.6. The van der Waals surface area contributed by atoms with Crippen LogP contribution in [0.25, 0.3) is 0 Å².